The number of carbonyl (C=O) groups is 3. The third kappa shape index (κ3) is 5.28. The van der Waals surface area contributed by atoms with Crippen molar-refractivity contribution in [3.8, 4) is 11.1 Å². The molecule has 1 aliphatic rings. The molecule has 0 spiro atoms. The van der Waals surface area contributed by atoms with Gasteiger partial charge in [-0.3, -0.25) is 9.69 Å². The van der Waals surface area contributed by atoms with Crippen molar-refractivity contribution in [2.24, 2.45) is 0 Å². The highest BCUT2D eigenvalue weighted by Gasteiger charge is 2.32. The number of carbonyl (C=O) groups excluding carboxylic acids is 2. The third-order valence-electron chi connectivity index (χ3n) is 4.82. The van der Waals surface area contributed by atoms with Crippen molar-refractivity contribution in [1.29, 1.82) is 0 Å². The molecule has 2 aromatic rings. The van der Waals surface area contributed by atoms with Crippen LogP contribution in [0.15, 0.2) is 42.5 Å². The fraction of sp³-hybridized carbons (Fsp3) is 0.286. The predicted molar refractivity (Wildman–Crippen MR) is 109 cm³/mol. The predicted octanol–water partition coefficient (Wildman–Crippen LogP) is 2.25. The van der Waals surface area contributed by atoms with Crippen molar-refractivity contribution in [3.05, 3.63) is 53.8 Å². The molecule has 2 aromatic carbocycles. The van der Waals surface area contributed by atoms with Gasteiger partial charge in [-0.1, -0.05) is 24.3 Å². The summed E-state index contributed by atoms with van der Waals surface area (Å²) in [6.07, 6.45) is -2.40. The number of amides is 3. The summed E-state index contributed by atoms with van der Waals surface area (Å²) in [4.78, 5) is 35.2. The van der Waals surface area contributed by atoms with Gasteiger partial charge in [0.15, 0.2) is 0 Å². The summed E-state index contributed by atoms with van der Waals surface area (Å²) in [5, 5.41) is 22.9. The molecule has 10 heteroatoms. The average molecular weight is 431 g/mol. The number of aliphatic hydroxyl groups excluding tert-OH is 1. The molecule has 164 valence electrons. The second-order valence-corrected chi connectivity index (χ2v) is 7.02. The molecule has 1 saturated heterocycles. The normalized spacial score (nSPS) is 16.5. The molecule has 0 saturated carbocycles. The number of anilines is 1. The van der Waals surface area contributed by atoms with Crippen molar-refractivity contribution in [2.75, 3.05) is 24.6 Å². The summed E-state index contributed by atoms with van der Waals surface area (Å²) in [5.41, 5.74) is 1.71. The standard InChI is InChI=1S/C21H22FN3O6/c1-12(27)23-9-16-10-25(21(30)31-16)15-6-7-17(18(22)8-15)13-2-4-14(5-3-13)19(11-26)24-20(28)29/h2-8,16,19,24,26H,9-11H2,1H3,(H,23,27)(H,28,29). The number of rotatable bonds is 7. The van der Waals surface area contributed by atoms with Crippen LogP contribution in [0.25, 0.3) is 11.1 Å². The quantitative estimate of drug-likeness (QED) is 0.532. The summed E-state index contributed by atoms with van der Waals surface area (Å²) >= 11 is 0. The highest BCUT2D eigenvalue weighted by Crippen LogP contribution is 2.30. The Labute approximate surface area is 177 Å². The van der Waals surface area contributed by atoms with Crippen molar-refractivity contribution in [2.45, 2.75) is 19.1 Å². The molecule has 0 radical (unpaired) electrons. The number of hydrogen-bond donors (Lipinski definition) is 4. The summed E-state index contributed by atoms with van der Waals surface area (Å²) in [7, 11) is 0. The van der Waals surface area contributed by atoms with Gasteiger partial charge < -0.3 is 25.6 Å². The highest BCUT2D eigenvalue weighted by atomic mass is 19.1. The molecule has 0 bridgehead atoms. The second kappa shape index (κ2) is 9.43. The smallest absolute Gasteiger partial charge is 0.414 e. The lowest BCUT2D eigenvalue weighted by atomic mass is 10.00. The first kappa shape index (κ1) is 22.0. The van der Waals surface area contributed by atoms with Crippen LogP contribution in [0.5, 0.6) is 0 Å². The van der Waals surface area contributed by atoms with Crippen LogP contribution in [0.3, 0.4) is 0 Å². The molecule has 4 N–H and O–H groups in total. The summed E-state index contributed by atoms with van der Waals surface area (Å²) < 4.78 is 20.0. The number of nitrogens with one attached hydrogen (secondary N) is 2. The van der Waals surface area contributed by atoms with Gasteiger partial charge in [0.1, 0.15) is 11.9 Å². The number of aliphatic hydroxyl groups is 1. The molecule has 31 heavy (non-hydrogen) atoms. The first-order valence-electron chi connectivity index (χ1n) is 9.51. The number of carboxylic acid groups (broad SMARTS) is 1. The van der Waals surface area contributed by atoms with Crippen molar-refractivity contribution in [1.82, 2.24) is 10.6 Å². The van der Waals surface area contributed by atoms with Gasteiger partial charge in [0.2, 0.25) is 5.91 Å². The molecule has 2 unspecified atom stereocenters. The fourth-order valence-corrected chi connectivity index (χ4v) is 3.28. The van der Waals surface area contributed by atoms with Gasteiger partial charge in [0.05, 0.1) is 31.4 Å². The largest absolute Gasteiger partial charge is 0.465 e. The number of cyclic esters (lactones) is 1. The van der Waals surface area contributed by atoms with Crippen molar-refractivity contribution < 1.29 is 33.7 Å². The van der Waals surface area contributed by atoms with Gasteiger partial charge in [0, 0.05) is 12.5 Å². The number of ether oxygens (including phenoxy) is 1. The molecule has 1 aliphatic heterocycles. The number of hydrogen-bond acceptors (Lipinski definition) is 5. The topological polar surface area (TPSA) is 128 Å². The summed E-state index contributed by atoms with van der Waals surface area (Å²) in [6.45, 7) is 1.31. The molecule has 0 aliphatic carbocycles. The molecular formula is C21H22FN3O6. The van der Waals surface area contributed by atoms with E-state index in [2.05, 4.69) is 10.6 Å². The maximum absolute atomic E-state index is 14.8. The van der Waals surface area contributed by atoms with Gasteiger partial charge in [-0.25, -0.2) is 14.0 Å². The van der Waals surface area contributed by atoms with Gasteiger partial charge in [0.25, 0.3) is 0 Å². The van der Waals surface area contributed by atoms with E-state index in [1.165, 1.54) is 24.0 Å². The lowest BCUT2D eigenvalue weighted by Gasteiger charge is -2.16. The number of nitrogens with zero attached hydrogens (tertiary/aromatic N) is 1. The zero-order chi connectivity index (χ0) is 22.5. The maximum Gasteiger partial charge on any atom is 0.414 e. The van der Waals surface area contributed by atoms with Crippen LogP contribution in [0.1, 0.15) is 18.5 Å². The minimum absolute atomic E-state index is 0.177. The molecular weight excluding hydrogens is 409 g/mol. The molecule has 1 fully saturated rings. The first-order chi connectivity index (χ1) is 14.8. The Bertz CT molecular complexity index is 982. The van der Waals surface area contributed by atoms with Crippen LogP contribution < -0.4 is 15.5 Å². The number of benzene rings is 2. The molecule has 1 heterocycles. The monoisotopic (exact) mass is 431 g/mol. The average Bonchev–Trinajstić information content (AvgIpc) is 3.11. The van der Waals surface area contributed by atoms with Gasteiger partial charge >= 0.3 is 12.2 Å². The first-order valence-corrected chi connectivity index (χ1v) is 9.51. The Kier molecular flexibility index (Phi) is 6.71. The van der Waals surface area contributed by atoms with Gasteiger partial charge in [-0.2, -0.15) is 0 Å². The van der Waals surface area contributed by atoms with E-state index in [-0.39, 0.29) is 19.0 Å². The Morgan fingerprint density at radius 3 is 2.55 bits per heavy atom. The van der Waals surface area contributed by atoms with Crippen LogP contribution in [0.4, 0.5) is 19.7 Å². The van der Waals surface area contributed by atoms with Crippen LogP contribution >= 0.6 is 0 Å². The van der Waals surface area contributed by atoms with Crippen LogP contribution in [-0.2, 0) is 9.53 Å². The fourth-order valence-electron chi connectivity index (χ4n) is 3.28. The van der Waals surface area contributed by atoms with Crippen molar-refractivity contribution in [3.63, 3.8) is 0 Å². The van der Waals surface area contributed by atoms with E-state index >= 15 is 0 Å². The second-order valence-electron chi connectivity index (χ2n) is 7.02. The third-order valence-corrected chi connectivity index (χ3v) is 4.82. The Hall–Kier alpha value is -3.66. The SMILES string of the molecule is CC(=O)NCC1CN(c2ccc(-c3ccc(C(CO)NC(=O)O)cc3)c(F)c2)C(=O)O1. The van der Waals surface area contributed by atoms with E-state index in [4.69, 9.17) is 9.84 Å². The molecule has 0 aromatic heterocycles. The minimum Gasteiger partial charge on any atom is -0.465 e. The van der Waals surface area contributed by atoms with Crippen LogP contribution in [0, 0.1) is 5.82 Å². The summed E-state index contributed by atoms with van der Waals surface area (Å²) in [6, 6.07) is 10.0. The van der Waals surface area contributed by atoms with E-state index in [0.29, 0.717) is 22.4 Å². The van der Waals surface area contributed by atoms with Crippen LogP contribution in [-0.4, -0.2) is 54.1 Å². The highest BCUT2D eigenvalue weighted by molar-refractivity contribution is 5.90. The molecule has 9 nitrogen and oxygen atoms in total. The molecule has 3 amide bonds. The summed E-state index contributed by atoms with van der Waals surface area (Å²) in [5.74, 6) is -0.786. The Morgan fingerprint density at radius 1 is 1.26 bits per heavy atom. The van der Waals surface area contributed by atoms with E-state index in [1.807, 2.05) is 0 Å². The van der Waals surface area contributed by atoms with E-state index in [1.54, 1.807) is 30.3 Å². The molecule has 3 rings (SSSR count). The maximum atomic E-state index is 14.8. The van der Waals surface area contributed by atoms with E-state index in [0.717, 1.165) is 0 Å². The zero-order valence-electron chi connectivity index (χ0n) is 16.7. The van der Waals surface area contributed by atoms with Gasteiger partial charge in [-0.05, 0) is 29.3 Å². The van der Waals surface area contributed by atoms with E-state index < -0.39 is 36.8 Å². The van der Waals surface area contributed by atoms with Crippen LogP contribution in [0.2, 0.25) is 0 Å². The zero-order valence-corrected chi connectivity index (χ0v) is 16.7. The molecule has 2 atom stereocenters. The number of halogens is 1. The Balaban J connectivity index is 1.74. The Morgan fingerprint density at radius 2 is 1.97 bits per heavy atom. The van der Waals surface area contributed by atoms with Crippen molar-refractivity contribution >= 4 is 23.8 Å². The lowest BCUT2D eigenvalue weighted by molar-refractivity contribution is -0.119. The van der Waals surface area contributed by atoms with E-state index in [9.17, 15) is 23.9 Å². The lowest BCUT2D eigenvalue weighted by Crippen LogP contribution is -2.33. The minimum atomic E-state index is -1.26. The van der Waals surface area contributed by atoms with Gasteiger partial charge in [-0.15, -0.1) is 0 Å².